The maximum Gasteiger partial charge on any atom is 0.0325 e. The Hall–Kier alpha value is -0.820. The normalized spacial score (nSPS) is 33.1. The highest BCUT2D eigenvalue weighted by atomic mass is 15.0. The second-order valence-corrected chi connectivity index (χ2v) is 7.26. The van der Waals surface area contributed by atoms with Gasteiger partial charge in [-0.1, -0.05) is 51.5 Å². The van der Waals surface area contributed by atoms with Gasteiger partial charge >= 0.3 is 0 Å². The van der Waals surface area contributed by atoms with Crippen molar-refractivity contribution in [2.75, 3.05) is 0 Å². The van der Waals surface area contributed by atoms with Crippen molar-refractivity contribution >= 4 is 0 Å². The number of hydrogen-bond donors (Lipinski definition) is 1. The minimum Gasteiger partial charge on any atom is -0.307 e. The quantitative estimate of drug-likeness (QED) is 0.803. The summed E-state index contributed by atoms with van der Waals surface area (Å²) in [6, 6.07) is 10.3. The number of benzene rings is 1. The number of nitrogens with one attached hydrogen (secondary N) is 1. The van der Waals surface area contributed by atoms with E-state index in [0.29, 0.717) is 17.5 Å². The first-order valence-electron chi connectivity index (χ1n) is 7.93. The van der Waals surface area contributed by atoms with E-state index in [2.05, 4.69) is 50.4 Å². The molecule has 0 saturated heterocycles. The molecular formula is C18H27N. The first-order chi connectivity index (χ1) is 9.08. The van der Waals surface area contributed by atoms with Crippen molar-refractivity contribution in [1.82, 2.24) is 5.32 Å². The maximum atomic E-state index is 3.98. The molecular weight excluding hydrogens is 230 g/mol. The molecule has 0 amide bonds. The summed E-state index contributed by atoms with van der Waals surface area (Å²) in [5, 5.41) is 3.98. The van der Waals surface area contributed by atoms with Crippen LogP contribution in [0.2, 0.25) is 0 Å². The molecule has 1 nitrogen and oxygen atoms in total. The van der Waals surface area contributed by atoms with Crippen LogP contribution in [-0.4, -0.2) is 6.04 Å². The lowest BCUT2D eigenvalue weighted by atomic mass is 9.79. The van der Waals surface area contributed by atoms with E-state index in [1.807, 2.05) is 0 Å². The van der Waals surface area contributed by atoms with Crippen LogP contribution in [0.25, 0.3) is 0 Å². The van der Waals surface area contributed by atoms with E-state index in [1.165, 1.54) is 32.1 Å². The molecule has 1 aromatic carbocycles. The van der Waals surface area contributed by atoms with Gasteiger partial charge in [0, 0.05) is 12.1 Å². The molecule has 1 heteroatoms. The average molecular weight is 257 g/mol. The molecule has 0 spiro atoms. The second kappa shape index (κ2) is 4.94. The monoisotopic (exact) mass is 257 g/mol. The summed E-state index contributed by atoms with van der Waals surface area (Å²) in [5.41, 5.74) is 3.60. The van der Waals surface area contributed by atoms with Gasteiger partial charge in [0.1, 0.15) is 0 Å². The van der Waals surface area contributed by atoms with E-state index in [0.717, 1.165) is 5.92 Å². The fourth-order valence-electron chi connectivity index (χ4n) is 4.06. The maximum absolute atomic E-state index is 3.98. The summed E-state index contributed by atoms with van der Waals surface area (Å²) < 4.78 is 0. The summed E-state index contributed by atoms with van der Waals surface area (Å²) in [7, 11) is 0. The van der Waals surface area contributed by atoms with Crippen LogP contribution in [0.3, 0.4) is 0 Å². The molecule has 0 aliphatic heterocycles. The minimum absolute atomic E-state index is 0.470. The predicted molar refractivity (Wildman–Crippen MR) is 81.4 cm³/mol. The van der Waals surface area contributed by atoms with Crippen LogP contribution in [-0.2, 0) is 0 Å². The van der Waals surface area contributed by atoms with Crippen LogP contribution in [0, 0.1) is 5.41 Å². The first-order valence-corrected chi connectivity index (χ1v) is 7.93. The van der Waals surface area contributed by atoms with Gasteiger partial charge < -0.3 is 5.32 Å². The number of hydrogen-bond acceptors (Lipinski definition) is 1. The van der Waals surface area contributed by atoms with Gasteiger partial charge in [0.25, 0.3) is 0 Å². The van der Waals surface area contributed by atoms with Gasteiger partial charge in [-0.05, 0) is 48.1 Å². The summed E-state index contributed by atoms with van der Waals surface area (Å²) >= 11 is 0. The summed E-state index contributed by atoms with van der Waals surface area (Å²) in [6.45, 7) is 7.22. The largest absolute Gasteiger partial charge is 0.307 e. The van der Waals surface area contributed by atoms with Crippen LogP contribution in [0.5, 0.6) is 0 Å². The van der Waals surface area contributed by atoms with Crippen LogP contribution in [0.15, 0.2) is 24.3 Å². The highest BCUT2D eigenvalue weighted by Crippen LogP contribution is 2.42. The molecule has 1 fully saturated rings. The average Bonchev–Trinajstić information content (AvgIpc) is 2.72. The smallest absolute Gasteiger partial charge is 0.0325 e. The van der Waals surface area contributed by atoms with Crippen LogP contribution in [0.4, 0.5) is 0 Å². The summed E-state index contributed by atoms with van der Waals surface area (Å²) in [5.74, 6) is 0.728. The van der Waals surface area contributed by atoms with Crippen molar-refractivity contribution in [2.24, 2.45) is 5.41 Å². The lowest BCUT2D eigenvalue weighted by Gasteiger charge is -2.36. The first kappa shape index (κ1) is 13.2. The number of rotatable bonds is 2. The Morgan fingerprint density at radius 1 is 1.05 bits per heavy atom. The Bertz CT molecular complexity index is 449. The van der Waals surface area contributed by atoms with E-state index in [-0.39, 0.29) is 0 Å². The zero-order chi connectivity index (χ0) is 13.5. The molecule has 3 atom stereocenters. The molecule has 1 saturated carbocycles. The molecule has 104 valence electrons. The molecule has 1 aromatic rings. The lowest BCUT2D eigenvalue weighted by molar-refractivity contribution is 0.250. The van der Waals surface area contributed by atoms with Crippen molar-refractivity contribution < 1.29 is 0 Å². The van der Waals surface area contributed by atoms with E-state index in [4.69, 9.17) is 0 Å². The van der Waals surface area contributed by atoms with Gasteiger partial charge in [0.15, 0.2) is 0 Å². The Morgan fingerprint density at radius 3 is 2.47 bits per heavy atom. The van der Waals surface area contributed by atoms with E-state index >= 15 is 0 Å². The molecule has 0 radical (unpaired) electrons. The molecule has 0 bridgehead atoms. The third kappa shape index (κ3) is 2.45. The van der Waals surface area contributed by atoms with Crippen molar-refractivity contribution in [1.29, 1.82) is 0 Å². The van der Waals surface area contributed by atoms with Gasteiger partial charge in [-0.25, -0.2) is 0 Å². The standard InChI is InChI=1S/C18H27N/c1-13-10-11-16(15-8-5-4-7-14(13)15)19-17-9-6-12-18(17,2)3/h4-5,7-8,13,16-17,19H,6,9-12H2,1-3H3. The molecule has 19 heavy (non-hydrogen) atoms. The molecule has 0 aromatic heterocycles. The van der Waals surface area contributed by atoms with Crippen LogP contribution in [0.1, 0.15) is 76.0 Å². The highest BCUT2D eigenvalue weighted by Gasteiger charge is 2.36. The van der Waals surface area contributed by atoms with Crippen molar-refractivity contribution in [3.05, 3.63) is 35.4 Å². The van der Waals surface area contributed by atoms with Crippen LogP contribution >= 0.6 is 0 Å². The lowest BCUT2D eigenvalue weighted by Crippen LogP contribution is -2.41. The SMILES string of the molecule is CC1CCC(NC2CCCC2(C)C)c2ccccc21. The molecule has 2 aliphatic carbocycles. The summed E-state index contributed by atoms with van der Waals surface area (Å²) in [4.78, 5) is 0. The van der Waals surface area contributed by atoms with Crippen molar-refractivity contribution in [2.45, 2.75) is 70.9 Å². The molecule has 1 N–H and O–H groups in total. The van der Waals surface area contributed by atoms with E-state index in [9.17, 15) is 0 Å². The predicted octanol–water partition coefficient (Wildman–Crippen LogP) is 4.79. The Morgan fingerprint density at radius 2 is 1.79 bits per heavy atom. The third-order valence-electron chi connectivity index (χ3n) is 5.45. The van der Waals surface area contributed by atoms with Gasteiger partial charge in [0.2, 0.25) is 0 Å². The molecule has 0 heterocycles. The van der Waals surface area contributed by atoms with Crippen LogP contribution < -0.4 is 5.32 Å². The third-order valence-corrected chi connectivity index (χ3v) is 5.45. The molecule has 2 aliphatic rings. The van der Waals surface area contributed by atoms with Gasteiger partial charge in [0.05, 0.1) is 0 Å². The van der Waals surface area contributed by atoms with Crippen molar-refractivity contribution in [3.63, 3.8) is 0 Å². The Balaban J connectivity index is 1.81. The Kier molecular flexibility index (Phi) is 3.42. The zero-order valence-electron chi connectivity index (χ0n) is 12.6. The fraction of sp³-hybridized carbons (Fsp3) is 0.667. The number of fused-ring (bicyclic) bond motifs is 1. The zero-order valence-corrected chi connectivity index (χ0v) is 12.6. The highest BCUT2D eigenvalue weighted by molar-refractivity contribution is 5.35. The van der Waals surface area contributed by atoms with Gasteiger partial charge in [-0.3, -0.25) is 0 Å². The van der Waals surface area contributed by atoms with Crippen molar-refractivity contribution in [3.8, 4) is 0 Å². The van der Waals surface area contributed by atoms with Gasteiger partial charge in [-0.2, -0.15) is 0 Å². The Labute approximate surface area is 117 Å². The minimum atomic E-state index is 0.470. The molecule has 3 rings (SSSR count). The van der Waals surface area contributed by atoms with Gasteiger partial charge in [-0.15, -0.1) is 0 Å². The van der Waals surface area contributed by atoms with E-state index in [1.54, 1.807) is 11.1 Å². The van der Waals surface area contributed by atoms with E-state index < -0.39 is 0 Å². The fourth-order valence-corrected chi connectivity index (χ4v) is 4.06. The topological polar surface area (TPSA) is 12.0 Å². The second-order valence-electron chi connectivity index (χ2n) is 7.26. The summed E-state index contributed by atoms with van der Waals surface area (Å²) in [6.07, 6.45) is 6.72. The molecule has 3 unspecified atom stereocenters.